The number of hydrogen-bond acceptors (Lipinski definition) is 0. The third-order valence-electron chi connectivity index (χ3n) is 6.19. The van der Waals surface area contributed by atoms with Crippen LogP contribution in [0.2, 0.25) is 0 Å². The monoisotopic (exact) mass is 374 g/mol. The smallest absolute Gasteiger partial charge is 0.106 e. The molecule has 0 radical (unpaired) electrons. The third kappa shape index (κ3) is 3.63. The zero-order valence-corrected chi connectivity index (χ0v) is 17.7. The summed E-state index contributed by atoms with van der Waals surface area (Å²) in [6, 6.07) is 12.8. The topological polar surface area (TPSA) is 0 Å². The minimum Gasteiger partial charge on any atom is -0.247 e. The maximum atomic E-state index is 14.5. The van der Waals surface area contributed by atoms with Gasteiger partial charge in [0.05, 0.1) is 0 Å². The van der Waals surface area contributed by atoms with E-state index in [0.717, 1.165) is 17.5 Å². The molecule has 0 amide bonds. The molecule has 146 valence electrons. The van der Waals surface area contributed by atoms with Crippen molar-refractivity contribution in [2.45, 2.75) is 58.5 Å². The van der Waals surface area contributed by atoms with Gasteiger partial charge in [0.15, 0.2) is 0 Å². The van der Waals surface area contributed by atoms with E-state index in [1.807, 2.05) is 26.0 Å². The Morgan fingerprint density at radius 1 is 1.14 bits per heavy atom. The van der Waals surface area contributed by atoms with E-state index in [0.29, 0.717) is 0 Å². The quantitative estimate of drug-likeness (QED) is 0.462. The summed E-state index contributed by atoms with van der Waals surface area (Å²) in [5.41, 5.74) is 8.20. The zero-order chi connectivity index (χ0) is 20.5. The summed E-state index contributed by atoms with van der Waals surface area (Å²) >= 11 is 0. The second-order valence-corrected chi connectivity index (χ2v) is 8.50. The third-order valence-corrected chi connectivity index (χ3v) is 6.19. The van der Waals surface area contributed by atoms with E-state index in [9.17, 15) is 4.39 Å². The van der Waals surface area contributed by atoms with Gasteiger partial charge >= 0.3 is 0 Å². The predicted octanol–water partition coefficient (Wildman–Crippen LogP) is 7.40. The van der Waals surface area contributed by atoms with E-state index >= 15 is 0 Å². The lowest BCUT2D eigenvalue weighted by Gasteiger charge is -2.31. The fraction of sp³-hybridized carbons (Fsp3) is 0.333. The summed E-state index contributed by atoms with van der Waals surface area (Å²) in [4.78, 5) is 0. The Hall–Kier alpha value is -2.41. The lowest BCUT2D eigenvalue weighted by Crippen LogP contribution is -2.29. The molecule has 0 spiro atoms. The Bertz CT molecular complexity index is 917. The Morgan fingerprint density at radius 3 is 2.39 bits per heavy atom. The average Bonchev–Trinajstić information content (AvgIpc) is 3.10. The van der Waals surface area contributed by atoms with Gasteiger partial charge in [-0.3, -0.25) is 0 Å². The van der Waals surface area contributed by atoms with Gasteiger partial charge in [0.2, 0.25) is 0 Å². The van der Waals surface area contributed by atoms with Gasteiger partial charge in [-0.15, -0.1) is 6.58 Å². The van der Waals surface area contributed by atoms with Crippen molar-refractivity contribution in [2.24, 2.45) is 0 Å². The Balaban J connectivity index is 2.09. The van der Waals surface area contributed by atoms with Crippen LogP contribution in [0.1, 0.15) is 60.1 Å². The van der Waals surface area contributed by atoms with Crippen LogP contribution in [0.15, 0.2) is 67.3 Å². The number of rotatable bonds is 6. The zero-order valence-electron chi connectivity index (χ0n) is 17.7. The predicted molar refractivity (Wildman–Crippen MR) is 120 cm³/mol. The van der Waals surface area contributed by atoms with Crippen molar-refractivity contribution in [1.29, 1.82) is 0 Å². The second kappa shape index (κ2) is 7.91. The van der Waals surface area contributed by atoms with Crippen LogP contribution in [-0.4, -0.2) is 6.17 Å². The average molecular weight is 375 g/mol. The molecule has 28 heavy (non-hydrogen) atoms. The van der Waals surface area contributed by atoms with Crippen LogP contribution in [0.5, 0.6) is 0 Å². The number of halogens is 1. The first kappa shape index (κ1) is 20.3. The minimum absolute atomic E-state index is 0.199. The van der Waals surface area contributed by atoms with Crippen LogP contribution in [0, 0.1) is 13.8 Å². The van der Waals surface area contributed by atoms with Crippen molar-refractivity contribution in [3.8, 4) is 0 Å². The van der Waals surface area contributed by atoms with Gasteiger partial charge in [-0.1, -0.05) is 74.5 Å². The van der Waals surface area contributed by atoms with Crippen LogP contribution in [0.25, 0.3) is 5.57 Å². The summed E-state index contributed by atoms with van der Waals surface area (Å²) in [6.45, 7) is 13.9. The first-order valence-electron chi connectivity index (χ1n) is 10.1. The molecule has 2 atom stereocenters. The summed E-state index contributed by atoms with van der Waals surface area (Å²) < 4.78 is 14.5. The van der Waals surface area contributed by atoms with Crippen molar-refractivity contribution in [2.75, 3.05) is 0 Å². The SMILES string of the molecule is C=CCc1cc(C)c(C2C=CC=C2c2ccccc2C(C)(C)[C@@H](C)F)c(C)c1. The van der Waals surface area contributed by atoms with Gasteiger partial charge in [0.25, 0.3) is 0 Å². The Morgan fingerprint density at radius 2 is 1.79 bits per heavy atom. The van der Waals surface area contributed by atoms with Gasteiger partial charge < -0.3 is 0 Å². The van der Waals surface area contributed by atoms with Gasteiger partial charge in [0.1, 0.15) is 6.17 Å². The first-order chi connectivity index (χ1) is 13.3. The summed E-state index contributed by atoms with van der Waals surface area (Å²) in [6.07, 6.45) is 8.50. The van der Waals surface area contributed by atoms with Gasteiger partial charge in [-0.2, -0.15) is 0 Å². The summed E-state index contributed by atoms with van der Waals surface area (Å²) in [5.74, 6) is 0.199. The lowest BCUT2D eigenvalue weighted by molar-refractivity contribution is 0.236. The standard InChI is InChI=1S/C27H31F/c1-7-11-21-16-18(2)26(19(3)17-21)24-14-10-13-22(24)23-12-8-9-15-25(23)27(5,6)20(4)28/h7-10,12-17,20,24H,1,11H2,2-6H3/t20-,24?/m1/s1. The summed E-state index contributed by atoms with van der Waals surface area (Å²) in [5, 5.41) is 0. The molecule has 0 aliphatic heterocycles. The molecule has 0 saturated heterocycles. The highest BCUT2D eigenvalue weighted by Gasteiger charge is 2.32. The molecule has 0 aromatic heterocycles. The van der Waals surface area contributed by atoms with Crippen molar-refractivity contribution in [3.05, 3.63) is 101 Å². The van der Waals surface area contributed by atoms with Crippen LogP contribution in [0.4, 0.5) is 4.39 Å². The van der Waals surface area contributed by atoms with Crippen LogP contribution < -0.4 is 0 Å². The molecular formula is C27H31F. The fourth-order valence-corrected chi connectivity index (χ4v) is 4.34. The molecule has 1 unspecified atom stereocenters. The number of hydrogen-bond donors (Lipinski definition) is 0. The van der Waals surface area contributed by atoms with E-state index in [4.69, 9.17) is 0 Å². The van der Waals surface area contributed by atoms with Gasteiger partial charge in [-0.25, -0.2) is 4.39 Å². The molecule has 0 saturated carbocycles. The lowest BCUT2D eigenvalue weighted by atomic mass is 9.74. The number of aryl methyl sites for hydroxylation is 2. The highest BCUT2D eigenvalue weighted by Crippen LogP contribution is 2.44. The minimum atomic E-state index is -0.927. The van der Waals surface area contributed by atoms with Crippen LogP contribution >= 0.6 is 0 Å². The maximum Gasteiger partial charge on any atom is 0.106 e. The molecule has 0 fully saturated rings. The van der Waals surface area contributed by atoms with Crippen LogP contribution in [-0.2, 0) is 11.8 Å². The maximum absolute atomic E-state index is 14.5. The molecule has 2 aromatic carbocycles. The molecule has 1 heteroatoms. The molecule has 0 nitrogen and oxygen atoms in total. The second-order valence-electron chi connectivity index (χ2n) is 8.50. The number of allylic oxidation sites excluding steroid dienone is 5. The molecule has 0 heterocycles. The van der Waals surface area contributed by atoms with Crippen molar-refractivity contribution >= 4 is 5.57 Å². The molecular weight excluding hydrogens is 343 g/mol. The van der Waals surface area contributed by atoms with Crippen LogP contribution in [0.3, 0.4) is 0 Å². The Kier molecular flexibility index (Phi) is 5.74. The number of benzene rings is 2. The molecule has 1 aliphatic carbocycles. The van der Waals surface area contributed by atoms with Crippen molar-refractivity contribution in [1.82, 2.24) is 0 Å². The summed E-state index contributed by atoms with van der Waals surface area (Å²) in [7, 11) is 0. The van der Waals surface area contributed by atoms with E-state index in [-0.39, 0.29) is 5.92 Å². The Labute approximate surface area is 169 Å². The van der Waals surface area contributed by atoms with Crippen molar-refractivity contribution in [3.63, 3.8) is 0 Å². The van der Waals surface area contributed by atoms with E-state index in [1.54, 1.807) is 6.92 Å². The fourth-order valence-electron chi connectivity index (χ4n) is 4.34. The first-order valence-corrected chi connectivity index (χ1v) is 10.1. The van der Waals surface area contributed by atoms with E-state index in [2.05, 4.69) is 69.0 Å². The van der Waals surface area contributed by atoms with E-state index < -0.39 is 11.6 Å². The molecule has 1 aliphatic rings. The largest absolute Gasteiger partial charge is 0.247 e. The number of alkyl halides is 1. The van der Waals surface area contributed by atoms with Crippen molar-refractivity contribution < 1.29 is 4.39 Å². The highest BCUT2D eigenvalue weighted by atomic mass is 19.1. The molecule has 0 bridgehead atoms. The molecule has 2 aromatic rings. The van der Waals surface area contributed by atoms with E-state index in [1.165, 1.54) is 27.8 Å². The molecule has 3 rings (SSSR count). The highest BCUT2D eigenvalue weighted by molar-refractivity contribution is 5.80. The van der Waals surface area contributed by atoms with Gasteiger partial charge in [0, 0.05) is 11.3 Å². The normalized spacial score (nSPS) is 17.5. The molecule has 0 N–H and O–H groups in total. The van der Waals surface area contributed by atoms with Gasteiger partial charge in [-0.05, 0) is 66.1 Å².